The minimum Gasteiger partial charge on any atom is -0.358 e. The largest absolute Gasteiger partial charge is 0.358 e. The maximum atomic E-state index is 12.3. The van der Waals surface area contributed by atoms with E-state index in [1.807, 2.05) is 19.1 Å². The molecule has 2 rings (SSSR count). The normalized spacial score (nSPS) is 18.6. The van der Waals surface area contributed by atoms with Crippen molar-refractivity contribution >= 4 is 23.5 Å². The van der Waals surface area contributed by atoms with E-state index < -0.39 is 12.1 Å². The number of hydrogen-bond acceptors (Lipinski definition) is 3. The van der Waals surface area contributed by atoms with Gasteiger partial charge < -0.3 is 5.32 Å². The number of imide groups is 1. The van der Waals surface area contributed by atoms with E-state index in [2.05, 4.69) is 5.32 Å². The molecule has 106 valence electrons. The van der Waals surface area contributed by atoms with Gasteiger partial charge in [0.25, 0.3) is 5.91 Å². The van der Waals surface area contributed by atoms with E-state index in [1.165, 1.54) is 11.9 Å². The number of urea groups is 1. The smallest absolute Gasteiger partial charge is 0.332 e. The molecule has 1 N–H and O–H groups in total. The Kier molecular flexibility index (Phi) is 3.74. The molecule has 0 aliphatic carbocycles. The average molecular weight is 275 g/mol. The number of rotatable bonds is 3. The van der Waals surface area contributed by atoms with Crippen LogP contribution in [0.15, 0.2) is 24.3 Å². The molecule has 1 aliphatic rings. The summed E-state index contributed by atoms with van der Waals surface area (Å²) >= 11 is 0. The van der Waals surface area contributed by atoms with Gasteiger partial charge in [0.1, 0.15) is 12.6 Å². The van der Waals surface area contributed by atoms with Crippen LogP contribution in [0, 0.1) is 6.92 Å². The molecule has 20 heavy (non-hydrogen) atoms. The van der Waals surface area contributed by atoms with Crippen molar-refractivity contribution < 1.29 is 14.4 Å². The zero-order valence-corrected chi connectivity index (χ0v) is 11.7. The topological polar surface area (TPSA) is 69.7 Å². The second-order valence-electron chi connectivity index (χ2n) is 4.76. The Labute approximate surface area is 117 Å². The number of carbonyl (C=O) groups excluding carboxylic acids is 3. The molecule has 0 saturated carbocycles. The second kappa shape index (κ2) is 5.32. The predicted molar refractivity (Wildman–Crippen MR) is 74.3 cm³/mol. The van der Waals surface area contributed by atoms with Gasteiger partial charge in [-0.2, -0.15) is 0 Å². The Hall–Kier alpha value is -2.37. The molecule has 0 radical (unpaired) electrons. The van der Waals surface area contributed by atoms with Crippen LogP contribution >= 0.6 is 0 Å². The molecule has 1 aliphatic heterocycles. The summed E-state index contributed by atoms with van der Waals surface area (Å²) in [5.41, 5.74) is 1.72. The van der Waals surface area contributed by atoms with E-state index in [9.17, 15) is 14.4 Å². The highest BCUT2D eigenvalue weighted by atomic mass is 16.2. The Morgan fingerprint density at radius 3 is 2.40 bits per heavy atom. The quantitative estimate of drug-likeness (QED) is 0.833. The van der Waals surface area contributed by atoms with Crippen molar-refractivity contribution in [3.8, 4) is 0 Å². The number of carbonyl (C=O) groups is 3. The molecule has 0 spiro atoms. The van der Waals surface area contributed by atoms with Gasteiger partial charge in [-0.25, -0.2) is 4.79 Å². The lowest BCUT2D eigenvalue weighted by Gasteiger charge is -2.19. The molecule has 1 saturated heterocycles. The number of benzene rings is 1. The van der Waals surface area contributed by atoms with Gasteiger partial charge in [0.2, 0.25) is 5.91 Å². The molecule has 1 unspecified atom stereocenters. The number of amides is 4. The fraction of sp³-hybridized carbons (Fsp3) is 0.357. The van der Waals surface area contributed by atoms with Gasteiger partial charge in [0, 0.05) is 12.7 Å². The highest BCUT2D eigenvalue weighted by molar-refractivity contribution is 6.15. The molecule has 1 fully saturated rings. The van der Waals surface area contributed by atoms with E-state index >= 15 is 0 Å². The highest BCUT2D eigenvalue weighted by Crippen LogP contribution is 2.25. The molecule has 1 atom stereocenters. The second-order valence-corrected chi connectivity index (χ2v) is 4.76. The zero-order valence-electron chi connectivity index (χ0n) is 11.7. The number of likely N-dealkylation sites (N-methyl/N-ethyl adjacent to an activating group) is 1. The first-order valence-corrected chi connectivity index (χ1v) is 6.37. The number of hydrogen-bond donors (Lipinski definition) is 1. The van der Waals surface area contributed by atoms with Crippen molar-refractivity contribution in [2.45, 2.75) is 19.9 Å². The summed E-state index contributed by atoms with van der Waals surface area (Å²) in [5, 5.41) is 2.41. The zero-order chi connectivity index (χ0) is 14.9. The van der Waals surface area contributed by atoms with Gasteiger partial charge in [-0.1, -0.05) is 17.7 Å². The maximum absolute atomic E-state index is 12.3. The van der Waals surface area contributed by atoms with Crippen LogP contribution in [-0.2, 0) is 9.59 Å². The van der Waals surface area contributed by atoms with E-state index in [1.54, 1.807) is 19.1 Å². The highest BCUT2D eigenvalue weighted by Gasteiger charge is 2.43. The molecular weight excluding hydrogens is 258 g/mol. The van der Waals surface area contributed by atoms with Crippen LogP contribution in [0.1, 0.15) is 12.5 Å². The first-order chi connectivity index (χ1) is 9.45. The van der Waals surface area contributed by atoms with Crippen molar-refractivity contribution in [2.24, 2.45) is 0 Å². The van der Waals surface area contributed by atoms with Gasteiger partial charge in [-0.3, -0.25) is 19.4 Å². The molecule has 0 aromatic heterocycles. The van der Waals surface area contributed by atoms with Crippen molar-refractivity contribution in [1.29, 1.82) is 0 Å². The first-order valence-electron chi connectivity index (χ1n) is 6.37. The predicted octanol–water partition coefficient (Wildman–Crippen LogP) is 0.898. The van der Waals surface area contributed by atoms with Crippen LogP contribution in [0.25, 0.3) is 0 Å². The summed E-state index contributed by atoms with van der Waals surface area (Å²) in [6.45, 7) is 3.35. The van der Waals surface area contributed by atoms with Gasteiger partial charge in [0.15, 0.2) is 0 Å². The Bertz CT molecular complexity index is 553. The SMILES string of the molecule is CNC(=O)CN1C(=O)C(C)N(c2ccc(C)cc2)C1=O. The van der Waals surface area contributed by atoms with Gasteiger partial charge in [0.05, 0.1) is 0 Å². The standard InChI is InChI=1S/C14H17N3O3/c1-9-4-6-11(7-5-9)17-10(2)13(19)16(14(17)20)8-12(18)15-3/h4-7,10H,8H2,1-3H3,(H,15,18). The van der Waals surface area contributed by atoms with E-state index in [0.717, 1.165) is 10.5 Å². The monoisotopic (exact) mass is 275 g/mol. The van der Waals surface area contributed by atoms with Crippen LogP contribution in [0.3, 0.4) is 0 Å². The van der Waals surface area contributed by atoms with Crippen LogP contribution in [0.2, 0.25) is 0 Å². The lowest BCUT2D eigenvalue weighted by Crippen LogP contribution is -2.40. The maximum Gasteiger partial charge on any atom is 0.332 e. The van der Waals surface area contributed by atoms with Crippen LogP contribution in [0.4, 0.5) is 10.5 Å². The minimum absolute atomic E-state index is 0.249. The third-order valence-corrected chi connectivity index (χ3v) is 3.34. The van der Waals surface area contributed by atoms with E-state index in [-0.39, 0.29) is 18.4 Å². The molecule has 6 heteroatoms. The summed E-state index contributed by atoms with van der Waals surface area (Å²) in [5.74, 6) is -0.733. The summed E-state index contributed by atoms with van der Waals surface area (Å²) < 4.78 is 0. The Balaban J connectivity index is 2.27. The van der Waals surface area contributed by atoms with Gasteiger partial charge in [-0.05, 0) is 26.0 Å². The number of aryl methyl sites for hydroxylation is 1. The molecule has 1 aromatic carbocycles. The van der Waals surface area contributed by atoms with Crippen LogP contribution < -0.4 is 10.2 Å². The van der Waals surface area contributed by atoms with Crippen molar-refractivity contribution in [3.05, 3.63) is 29.8 Å². The number of nitrogens with zero attached hydrogens (tertiary/aromatic N) is 2. The summed E-state index contributed by atoms with van der Waals surface area (Å²) in [6, 6.07) is 6.27. The van der Waals surface area contributed by atoms with Crippen molar-refractivity contribution in [1.82, 2.24) is 10.2 Å². The molecule has 6 nitrogen and oxygen atoms in total. The van der Waals surface area contributed by atoms with Crippen LogP contribution in [-0.4, -0.2) is 42.4 Å². The van der Waals surface area contributed by atoms with E-state index in [0.29, 0.717) is 5.69 Å². The van der Waals surface area contributed by atoms with Crippen molar-refractivity contribution in [3.63, 3.8) is 0 Å². The Morgan fingerprint density at radius 1 is 1.25 bits per heavy atom. The fourth-order valence-electron chi connectivity index (χ4n) is 2.13. The first kappa shape index (κ1) is 14.0. The molecule has 1 aromatic rings. The third-order valence-electron chi connectivity index (χ3n) is 3.34. The molecular formula is C14H17N3O3. The molecule has 1 heterocycles. The molecule has 4 amide bonds. The summed E-state index contributed by atoms with van der Waals surface area (Å²) in [6.07, 6.45) is 0. The number of anilines is 1. The van der Waals surface area contributed by atoms with Gasteiger partial charge >= 0.3 is 6.03 Å². The summed E-state index contributed by atoms with van der Waals surface area (Å²) in [7, 11) is 1.47. The van der Waals surface area contributed by atoms with Crippen molar-refractivity contribution in [2.75, 3.05) is 18.5 Å². The third kappa shape index (κ3) is 2.36. The fourth-order valence-corrected chi connectivity index (χ4v) is 2.13. The molecule has 0 bridgehead atoms. The Morgan fingerprint density at radius 2 is 1.85 bits per heavy atom. The average Bonchev–Trinajstić information content (AvgIpc) is 2.64. The van der Waals surface area contributed by atoms with E-state index in [4.69, 9.17) is 0 Å². The lowest BCUT2D eigenvalue weighted by molar-refractivity contribution is -0.131. The lowest BCUT2D eigenvalue weighted by atomic mass is 10.2. The van der Waals surface area contributed by atoms with Gasteiger partial charge in [-0.15, -0.1) is 0 Å². The van der Waals surface area contributed by atoms with Crippen LogP contribution in [0.5, 0.6) is 0 Å². The minimum atomic E-state index is -0.602. The number of nitrogens with one attached hydrogen (secondary N) is 1. The summed E-state index contributed by atoms with van der Waals surface area (Å²) in [4.78, 5) is 38.2.